The minimum absolute atomic E-state index is 0.0478. The number of hydrogen-bond acceptors (Lipinski definition) is 7. The highest BCUT2D eigenvalue weighted by Crippen LogP contribution is 2.27. The molecular weight excluding hydrogens is 633 g/mol. The predicted molar refractivity (Wildman–Crippen MR) is 187 cm³/mol. The van der Waals surface area contributed by atoms with Crippen molar-refractivity contribution >= 4 is 25.9 Å². The molecule has 0 spiro atoms. The van der Waals surface area contributed by atoms with Gasteiger partial charge in [0, 0.05) is 65.6 Å². The standard InChI is InChI=1S/C35H50N6O4S2/c1-29-25-39(46(42,43)35-15-13-34(14-16-35)37(2)3)20-7-18-38(27-30-9-5-4-6-10-30)19-8-21-40(26-29)47(44,45)41-22-17-32-23-31(24-36)11-12-33(32)28-41/h11-16,23,30H,1,4-10,17-22,25-28H2,2-3H3. The SMILES string of the molecule is C=C1CN(S(=O)(=O)c2ccc(N(C)C)cc2)CCCN(CC2CCCCC2)CCCN(S(=O)(=O)N2CCc3cc(C#N)ccc3C2)C1. The van der Waals surface area contributed by atoms with Crippen molar-refractivity contribution in [1.29, 1.82) is 5.26 Å². The average molecular weight is 683 g/mol. The van der Waals surface area contributed by atoms with Gasteiger partial charge in [-0.1, -0.05) is 31.9 Å². The van der Waals surface area contributed by atoms with Crippen molar-refractivity contribution < 1.29 is 16.8 Å². The van der Waals surface area contributed by atoms with Crippen LogP contribution in [0.4, 0.5) is 5.69 Å². The molecule has 2 aromatic carbocycles. The fraction of sp³-hybridized carbons (Fsp3) is 0.571. The summed E-state index contributed by atoms with van der Waals surface area (Å²) in [5.41, 5.74) is 3.94. The Balaban J connectivity index is 1.39. The van der Waals surface area contributed by atoms with Gasteiger partial charge in [0.15, 0.2) is 0 Å². The molecule has 12 heteroatoms. The summed E-state index contributed by atoms with van der Waals surface area (Å²) in [5.74, 6) is 0.626. The Hall–Kier alpha value is -2.79. The molecule has 47 heavy (non-hydrogen) atoms. The van der Waals surface area contributed by atoms with E-state index in [1.165, 1.54) is 45.0 Å². The molecule has 2 aromatic rings. The summed E-state index contributed by atoms with van der Waals surface area (Å²) in [6.45, 7) is 8.02. The summed E-state index contributed by atoms with van der Waals surface area (Å²) < 4.78 is 61.0. The fourth-order valence-corrected chi connectivity index (χ4v) is 10.3. The van der Waals surface area contributed by atoms with E-state index in [1.807, 2.05) is 31.1 Å². The number of hydrogen-bond donors (Lipinski definition) is 0. The molecule has 5 rings (SSSR count). The number of nitrogens with zero attached hydrogens (tertiary/aromatic N) is 6. The lowest BCUT2D eigenvalue weighted by Crippen LogP contribution is -2.48. The molecule has 0 amide bonds. The molecule has 1 aliphatic carbocycles. The molecule has 10 nitrogen and oxygen atoms in total. The molecule has 0 aromatic heterocycles. The second-order valence-corrected chi connectivity index (χ2v) is 17.4. The van der Waals surface area contributed by atoms with Crippen LogP contribution in [0.15, 0.2) is 59.5 Å². The molecule has 256 valence electrons. The zero-order valence-corrected chi connectivity index (χ0v) is 29.6. The van der Waals surface area contributed by atoms with Gasteiger partial charge in [-0.05, 0) is 104 Å². The van der Waals surface area contributed by atoms with Crippen molar-refractivity contribution in [2.45, 2.75) is 62.8 Å². The normalized spacial score (nSPS) is 20.9. The van der Waals surface area contributed by atoms with E-state index in [4.69, 9.17) is 0 Å². The van der Waals surface area contributed by atoms with E-state index < -0.39 is 20.2 Å². The van der Waals surface area contributed by atoms with E-state index in [0.717, 1.165) is 36.4 Å². The van der Waals surface area contributed by atoms with Crippen LogP contribution in [-0.4, -0.2) is 101 Å². The van der Waals surface area contributed by atoms with Gasteiger partial charge in [-0.15, -0.1) is 0 Å². The van der Waals surface area contributed by atoms with E-state index in [1.54, 1.807) is 30.3 Å². The van der Waals surface area contributed by atoms with Crippen molar-refractivity contribution in [2.75, 3.05) is 71.4 Å². The minimum atomic E-state index is -3.88. The van der Waals surface area contributed by atoms with E-state index in [-0.39, 0.29) is 24.5 Å². The Bertz CT molecular complexity index is 1650. The highest BCUT2D eigenvalue weighted by molar-refractivity contribution is 7.89. The lowest BCUT2D eigenvalue weighted by molar-refractivity contribution is 0.187. The Morgan fingerprint density at radius 1 is 0.787 bits per heavy atom. The first kappa shape index (κ1) is 35.5. The minimum Gasteiger partial charge on any atom is -0.378 e. The van der Waals surface area contributed by atoms with Crippen LogP contribution in [-0.2, 0) is 33.2 Å². The third kappa shape index (κ3) is 8.82. The van der Waals surface area contributed by atoms with Gasteiger partial charge in [0.1, 0.15) is 0 Å². The number of anilines is 1. The lowest BCUT2D eigenvalue weighted by Gasteiger charge is -2.35. The van der Waals surface area contributed by atoms with E-state index in [2.05, 4.69) is 17.5 Å². The van der Waals surface area contributed by atoms with Crippen molar-refractivity contribution in [3.8, 4) is 6.07 Å². The first-order valence-corrected chi connectivity index (χ1v) is 19.7. The summed E-state index contributed by atoms with van der Waals surface area (Å²) in [5, 5.41) is 9.30. The number of sulfonamides is 1. The third-order valence-corrected chi connectivity index (χ3v) is 13.5. The second-order valence-electron chi connectivity index (χ2n) is 13.5. The summed E-state index contributed by atoms with van der Waals surface area (Å²) in [6, 6.07) is 14.5. The van der Waals surface area contributed by atoms with Crippen LogP contribution in [0.25, 0.3) is 0 Å². The van der Waals surface area contributed by atoms with Crippen LogP contribution in [0.5, 0.6) is 0 Å². The van der Waals surface area contributed by atoms with Gasteiger partial charge in [0.05, 0.1) is 16.5 Å². The maximum atomic E-state index is 14.2. The Labute approximate surface area is 282 Å². The first-order valence-electron chi connectivity index (χ1n) is 16.9. The molecule has 2 fully saturated rings. The van der Waals surface area contributed by atoms with Crippen molar-refractivity contribution in [2.24, 2.45) is 5.92 Å². The number of fused-ring (bicyclic) bond motifs is 1. The Morgan fingerprint density at radius 3 is 2.09 bits per heavy atom. The van der Waals surface area contributed by atoms with Gasteiger partial charge >= 0.3 is 0 Å². The number of rotatable bonds is 7. The van der Waals surface area contributed by atoms with E-state index >= 15 is 0 Å². The summed E-state index contributed by atoms with van der Waals surface area (Å²) in [6.07, 6.45) is 8.14. The average Bonchev–Trinajstić information content (AvgIpc) is 3.06. The molecule has 0 atom stereocenters. The summed E-state index contributed by atoms with van der Waals surface area (Å²) >= 11 is 0. The van der Waals surface area contributed by atoms with Crippen LogP contribution >= 0.6 is 0 Å². The van der Waals surface area contributed by atoms with Crippen LogP contribution in [0, 0.1) is 17.2 Å². The largest absolute Gasteiger partial charge is 0.378 e. The number of benzene rings is 2. The first-order chi connectivity index (χ1) is 22.5. The highest BCUT2D eigenvalue weighted by Gasteiger charge is 2.34. The van der Waals surface area contributed by atoms with Gasteiger partial charge in [0.25, 0.3) is 10.2 Å². The molecular formula is C35H50N6O4S2. The molecule has 1 saturated carbocycles. The molecule has 2 heterocycles. The van der Waals surface area contributed by atoms with Crippen molar-refractivity contribution in [1.82, 2.24) is 17.8 Å². The van der Waals surface area contributed by atoms with Crippen molar-refractivity contribution in [3.05, 3.63) is 71.3 Å². The Morgan fingerprint density at radius 2 is 1.43 bits per heavy atom. The molecule has 0 unspecified atom stereocenters. The van der Waals surface area contributed by atoms with Gasteiger partial charge in [-0.25, -0.2) is 8.42 Å². The summed E-state index contributed by atoms with van der Waals surface area (Å²) in [4.78, 5) is 4.57. The fourth-order valence-electron chi connectivity index (χ4n) is 7.10. The summed E-state index contributed by atoms with van der Waals surface area (Å²) in [7, 11) is -3.90. The topological polar surface area (TPSA) is 108 Å². The van der Waals surface area contributed by atoms with Crippen LogP contribution in [0.2, 0.25) is 0 Å². The molecule has 0 N–H and O–H groups in total. The van der Waals surface area contributed by atoms with Crippen LogP contribution < -0.4 is 4.90 Å². The number of nitriles is 1. The van der Waals surface area contributed by atoms with Gasteiger partial charge in [0.2, 0.25) is 10.0 Å². The molecule has 1 saturated heterocycles. The van der Waals surface area contributed by atoms with Gasteiger partial charge < -0.3 is 9.80 Å². The van der Waals surface area contributed by atoms with Crippen molar-refractivity contribution in [3.63, 3.8) is 0 Å². The molecule has 2 aliphatic heterocycles. The molecule has 3 aliphatic rings. The van der Waals surface area contributed by atoms with Gasteiger partial charge in [-0.2, -0.15) is 26.6 Å². The third-order valence-electron chi connectivity index (χ3n) is 9.76. The zero-order valence-electron chi connectivity index (χ0n) is 28.0. The predicted octanol–water partition coefficient (Wildman–Crippen LogP) is 4.45. The highest BCUT2D eigenvalue weighted by atomic mass is 32.2. The maximum Gasteiger partial charge on any atom is 0.282 e. The monoisotopic (exact) mass is 682 g/mol. The lowest BCUT2D eigenvalue weighted by atomic mass is 9.89. The van der Waals surface area contributed by atoms with E-state index in [0.29, 0.717) is 56.0 Å². The maximum absolute atomic E-state index is 14.2. The van der Waals surface area contributed by atoms with Crippen LogP contribution in [0.3, 0.4) is 0 Å². The van der Waals surface area contributed by atoms with Gasteiger partial charge in [-0.3, -0.25) is 0 Å². The second kappa shape index (κ2) is 15.6. The molecule has 0 bridgehead atoms. The Kier molecular flexibility index (Phi) is 11.8. The van der Waals surface area contributed by atoms with Crippen LogP contribution in [0.1, 0.15) is 61.6 Å². The zero-order chi connectivity index (χ0) is 33.6. The molecule has 0 radical (unpaired) electrons. The smallest absolute Gasteiger partial charge is 0.282 e. The quantitative estimate of drug-likeness (QED) is 0.397. The van der Waals surface area contributed by atoms with E-state index in [9.17, 15) is 22.1 Å².